The smallest absolute Gasteiger partial charge is 0.189 e. The summed E-state index contributed by atoms with van der Waals surface area (Å²) in [6.07, 6.45) is 6.69. The maximum atomic E-state index is 12.2. The molecule has 1 aromatic carbocycles. The van der Waals surface area contributed by atoms with Gasteiger partial charge in [0.25, 0.3) is 0 Å². The summed E-state index contributed by atoms with van der Waals surface area (Å²) in [6, 6.07) is 9.28. The molecule has 0 unspecified atom stereocenters. The first kappa shape index (κ1) is 13.0. The predicted octanol–water partition coefficient (Wildman–Crippen LogP) is 3.29. The van der Waals surface area contributed by atoms with Crippen molar-refractivity contribution in [3.63, 3.8) is 0 Å². The molecule has 0 N–H and O–H groups in total. The molecule has 1 aromatic heterocycles. The van der Waals surface area contributed by atoms with Gasteiger partial charge in [-0.25, -0.2) is 0 Å². The molecule has 3 nitrogen and oxygen atoms in total. The molecule has 0 atom stereocenters. The number of methoxy groups -OCH3 is 1. The summed E-state index contributed by atoms with van der Waals surface area (Å²) in [5, 5.41) is 0. The monoisotopic (exact) mass is 253 g/mol. The first-order valence-corrected chi connectivity index (χ1v) is 5.98. The van der Waals surface area contributed by atoms with Crippen molar-refractivity contribution in [3.8, 4) is 5.75 Å². The Bertz CT molecular complexity index is 603. The number of hydrogen-bond donors (Lipinski definition) is 0. The summed E-state index contributed by atoms with van der Waals surface area (Å²) in [4.78, 5) is 16.2. The second kappa shape index (κ2) is 5.96. The van der Waals surface area contributed by atoms with Gasteiger partial charge < -0.3 is 4.74 Å². The van der Waals surface area contributed by atoms with E-state index < -0.39 is 0 Å². The molecule has 2 aromatic rings. The summed E-state index contributed by atoms with van der Waals surface area (Å²) in [7, 11) is 1.56. The van der Waals surface area contributed by atoms with E-state index in [4.69, 9.17) is 4.74 Å². The highest BCUT2D eigenvalue weighted by Gasteiger charge is 2.09. The Morgan fingerprint density at radius 2 is 2.16 bits per heavy atom. The lowest BCUT2D eigenvalue weighted by Gasteiger charge is -2.06. The number of benzene rings is 1. The molecule has 0 bridgehead atoms. The zero-order valence-electron chi connectivity index (χ0n) is 11.0. The lowest BCUT2D eigenvalue weighted by atomic mass is 10.1. The van der Waals surface area contributed by atoms with Crippen LogP contribution in [-0.2, 0) is 0 Å². The summed E-state index contributed by atoms with van der Waals surface area (Å²) in [5.41, 5.74) is 2.49. The number of nitrogens with zero attached hydrogens (tertiary/aromatic N) is 1. The van der Waals surface area contributed by atoms with Crippen molar-refractivity contribution in [2.24, 2.45) is 0 Å². The zero-order chi connectivity index (χ0) is 13.7. The first-order chi connectivity index (χ1) is 9.20. The van der Waals surface area contributed by atoms with Crippen LogP contribution in [-0.4, -0.2) is 17.9 Å². The Kier molecular flexibility index (Phi) is 4.08. The Labute approximate surface area is 112 Å². The Hall–Kier alpha value is -2.42. The topological polar surface area (TPSA) is 39.2 Å². The molecule has 0 saturated carbocycles. The molecule has 96 valence electrons. The van der Waals surface area contributed by atoms with E-state index in [0.29, 0.717) is 11.3 Å². The number of aryl methyl sites for hydroxylation is 1. The average Bonchev–Trinajstić information content (AvgIpc) is 2.46. The average molecular weight is 253 g/mol. The van der Waals surface area contributed by atoms with E-state index in [1.54, 1.807) is 31.6 Å². The quantitative estimate of drug-likeness (QED) is 0.620. The van der Waals surface area contributed by atoms with Crippen molar-refractivity contribution in [1.82, 2.24) is 4.98 Å². The minimum Gasteiger partial charge on any atom is -0.496 e. The van der Waals surface area contributed by atoms with Crippen LogP contribution in [0.1, 0.15) is 21.5 Å². The van der Waals surface area contributed by atoms with Crippen molar-refractivity contribution >= 4 is 11.9 Å². The Balaban J connectivity index is 2.25. The second-order valence-electron chi connectivity index (χ2n) is 4.19. The molecule has 19 heavy (non-hydrogen) atoms. The van der Waals surface area contributed by atoms with Crippen molar-refractivity contribution in [2.45, 2.75) is 6.92 Å². The van der Waals surface area contributed by atoms with Crippen molar-refractivity contribution < 1.29 is 9.53 Å². The van der Waals surface area contributed by atoms with Gasteiger partial charge in [-0.15, -0.1) is 0 Å². The maximum Gasteiger partial charge on any atom is 0.189 e. The number of hydrogen-bond acceptors (Lipinski definition) is 3. The van der Waals surface area contributed by atoms with Crippen LogP contribution < -0.4 is 4.74 Å². The fourth-order valence-electron chi connectivity index (χ4n) is 1.75. The number of ketones is 1. The Morgan fingerprint density at radius 3 is 2.84 bits per heavy atom. The minimum absolute atomic E-state index is 0.0793. The van der Waals surface area contributed by atoms with Gasteiger partial charge in [0.2, 0.25) is 0 Å². The highest BCUT2D eigenvalue weighted by atomic mass is 16.5. The van der Waals surface area contributed by atoms with Gasteiger partial charge >= 0.3 is 0 Å². The van der Waals surface area contributed by atoms with Crippen molar-refractivity contribution in [3.05, 3.63) is 65.5 Å². The third kappa shape index (κ3) is 3.28. The number of carbonyl (C=O) groups excluding carboxylic acids is 1. The van der Waals surface area contributed by atoms with Crippen LogP contribution in [0.15, 0.2) is 48.8 Å². The third-order valence-electron chi connectivity index (χ3n) is 2.73. The molecule has 3 heteroatoms. The fourth-order valence-corrected chi connectivity index (χ4v) is 1.75. The molecule has 0 fully saturated rings. The van der Waals surface area contributed by atoms with Gasteiger partial charge in [-0.05, 0) is 42.8 Å². The largest absolute Gasteiger partial charge is 0.496 e. The van der Waals surface area contributed by atoms with E-state index in [0.717, 1.165) is 11.1 Å². The number of aromatic nitrogens is 1. The van der Waals surface area contributed by atoms with Crippen LogP contribution in [0.2, 0.25) is 0 Å². The van der Waals surface area contributed by atoms with Crippen LogP contribution in [0, 0.1) is 6.92 Å². The van der Waals surface area contributed by atoms with E-state index >= 15 is 0 Å². The molecule has 0 aliphatic carbocycles. The van der Waals surface area contributed by atoms with Crippen LogP contribution in [0.3, 0.4) is 0 Å². The zero-order valence-corrected chi connectivity index (χ0v) is 11.0. The molecule has 0 saturated heterocycles. The fraction of sp³-hybridized carbons (Fsp3) is 0.125. The Morgan fingerprint density at radius 1 is 1.32 bits per heavy atom. The summed E-state index contributed by atoms with van der Waals surface area (Å²) >= 11 is 0. The lowest BCUT2D eigenvalue weighted by Crippen LogP contribution is -1.99. The van der Waals surface area contributed by atoms with Gasteiger partial charge in [-0.1, -0.05) is 17.7 Å². The van der Waals surface area contributed by atoms with E-state index in [-0.39, 0.29) is 5.78 Å². The summed E-state index contributed by atoms with van der Waals surface area (Å²) in [5.74, 6) is 0.510. The highest BCUT2D eigenvalue weighted by Crippen LogP contribution is 2.20. The number of pyridine rings is 1. The number of carbonyl (C=O) groups is 1. The molecule has 1 heterocycles. The standard InChI is InChI=1S/C16H15NO2/c1-12-5-8-16(19-2)14(10-12)15(18)7-6-13-4-3-9-17-11-13/h3-11H,1-2H3/b7-6+. The van der Waals surface area contributed by atoms with Gasteiger partial charge in [0.05, 0.1) is 12.7 Å². The van der Waals surface area contributed by atoms with Crippen molar-refractivity contribution in [1.29, 1.82) is 0 Å². The molecule has 2 rings (SSSR count). The SMILES string of the molecule is COc1ccc(C)cc1C(=O)/C=C/c1cccnc1. The van der Waals surface area contributed by atoms with Crippen LogP contribution >= 0.6 is 0 Å². The van der Waals surface area contributed by atoms with Gasteiger partial charge in [-0.2, -0.15) is 0 Å². The molecule has 0 radical (unpaired) electrons. The number of rotatable bonds is 4. The van der Waals surface area contributed by atoms with Gasteiger partial charge in [0, 0.05) is 12.4 Å². The van der Waals surface area contributed by atoms with Gasteiger partial charge in [-0.3, -0.25) is 9.78 Å². The van der Waals surface area contributed by atoms with E-state index in [2.05, 4.69) is 4.98 Å². The van der Waals surface area contributed by atoms with E-state index in [1.165, 1.54) is 6.08 Å². The summed E-state index contributed by atoms with van der Waals surface area (Å²) < 4.78 is 5.21. The van der Waals surface area contributed by atoms with Crippen LogP contribution in [0.5, 0.6) is 5.75 Å². The highest BCUT2D eigenvalue weighted by molar-refractivity contribution is 6.08. The predicted molar refractivity (Wildman–Crippen MR) is 75.3 cm³/mol. The van der Waals surface area contributed by atoms with Gasteiger partial charge in [0.1, 0.15) is 5.75 Å². The molecule has 0 amide bonds. The molecular weight excluding hydrogens is 238 g/mol. The summed E-state index contributed by atoms with van der Waals surface area (Å²) in [6.45, 7) is 1.95. The van der Waals surface area contributed by atoms with Crippen LogP contribution in [0.25, 0.3) is 6.08 Å². The molecule has 0 aliphatic heterocycles. The number of ether oxygens (including phenoxy) is 1. The van der Waals surface area contributed by atoms with Crippen LogP contribution in [0.4, 0.5) is 0 Å². The van der Waals surface area contributed by atoms with Gasteiger partial charge in [0.15, 0.2) is 5.78 Å². The third-order valence-corrected chi connectivity index (χ3v) is 2.73. The molecule has 0 spiro atoms. The molecule has 0 aliphatic rings. The number of allylic oxidation sites excluding steroid dienone is 1. The first-order valence-electron chi connectivity index (χ1n) is 5.98. The molecular formula is C16H15NO2. The second-order valence-corrected chi connectivity index (χ2v) is 4.19. The van der Waals surface area contributed by atoms with E-state index in [1.807, 2.05) is 31.2 Å². The van der Waals surface area contributed by atoms with Crippen molar-refractivity contribution in [2.75, 3.05) is 7.11 Å². The normalized spacial score (nSPS) is 10.6. The van der Waals surface area contributed by atoms with E-state index in [9.17, 15) is 4.79 Å². The minimum atomic E-state index is -0.0793. The lowest BCUT2D eigenvalue weighted by molar-refractivity contribution is 0.104. The maximum absolute atomic E-state index is 12.2.